The van der Waals surface area contributed by atoms with Crippen molar-refractivity contribution in [1.82, 2.24) is 4.90 Å². The van der Waals surface area contributed by atoms with Crippen LogP contribution in [0.2, 0.25) is 0 Å². The molecule has 118 valence electrons. The molecule has 0 aliphatic carbocycles. The highest BCUT2D eigenvalue weighted by atomic mass is 32.2. The van der Waals surface area contributed by atoms with E-state index in [1.54, 1.807) is 11.8 Å². The molecule has 1 amide bonds. The maximum Gasteiger partial charge on any atom is 0.257 e. The largest absolute Gasteiger partial charge is 0.493 e. The highest BCUT2D eigenvalue weighted by Crippen LogP contribution is 2.24. The lowest BCUT2D eigenvalue weighted by molar-refractivity contribution is 0.0760. The van der Waals surface area contributed by atoms with Crippen molar-refractivity contribution in [3.05, 3.63) is 23.8 Å². The predicted octanol–water partition coefficient (Wildman–Crippen LogP) is 1.60. The molecule has 0 saturated carbocycles. The van der Waals surface area contributed by atoms with Crippen molar-refractivity contribution in [2.24, 2.45) is 5.14 Å². The number of carbonyl (C=O) groups excluding carboxylic acids is 1. The Morgan fingerprint density at radius 1 is 1.29 bits per heavy atom. The molecule has 1 rings (SSSR count). The van der Waals surface area contributed by atoms with Gasteiger partial charge in [0, 0.05) is 13.1 Å². The average Bonchev–Trinajstić information content (AvgIpc) is 2.43. The van der Waals surface area contributed by atoms with Gasteiger partial charge in [-0.1, -0.05) is 6.92 Å². The summed E-state index contributed by atoms with van der Waals surface area (Å²) in [6, 6.07) is 4.09. The minimum atomic E-state index is -3.86. The lowest BCUT2D eigenvalue weighted by atomic mass is 10.1. The van der Waals surface area contributed by atoms with Crippen LogP contribution in [-0.2, 0) is 10.0 Å². The first-order valence-electron chi connectivity index (χ1n) is 6.94. The van der Waals surface area contributed by atoms with E-state index in [4.69, 9.17) is 9.88 Å². The van der Waals surface area contributed by atoms with Crippen molar-refractivity contribution in [1.29, 1.82) is 0 Å². The van der Waals surface area contributed by atoms with Gasteiger partial charge in [-0.3, -0.25) is 4.79 Å². The van der Waals surface area contributed by atoms with Gasteiger partial charge in [0.05, 0.1) is 17.1 Å². The summed E-state index contributed by atoms with van der Waals surface area (Å²) in [5.74, 6) is 0.109. The zero-order chi connectivity index (χ0) is 16.0. The van der Waals surface area contributed by atoms with E-state index < -0.39 is 10.0 Å². The molecule has 0 radical (unpaired) electrons. The first-order valence-corrected chi connectivity index (χ1v) is 8.48. The number of nitrogens with zero attached hydrogens (tertiary/aromatic N) is 1. The number of benzene rings is 1. The van der Waals surface area contributed by atoms with E-state index in [9.17, 15) is 13.2 Å². The van der Waals surface area contributed by atoms with E-state index in [0.717, 1.165) is 6.42 Å². The fraction of sp³-hybridized carbons (Fsp3) is 0.500. The monoisotopic (exact) mass is 314 g/mol. The Hall–Kier alpha value is -1.60. The van der Waals surface area contributed by atoms with Crippen LogP contribution in [0, 0.1) is 0 Å². The van der Waals surface area contributed by atoms with Gasteiger partial charge in [-0.05, 0) is 38.5 Å². The molecule has 2 N–H and O–H groups in total. The number of primary sulfonamides is 1. The molecule has 1 aromatic rings. The van der Waals surface area contributed by atoms with Gasteiger partial charge < -0.3 is 9.64 Å². The number of amides is 1. The molecule has 0 aliphatic rings. The van der Waals surface area contributed by atoms with Gasteiger partial charge >= 0.3 is 0 Å². The molecule has 21 heavy (non-hydrogen) atoms. The Morgan fingerprint density at radius 2 is 1.95 bits per heavy atom. The molecule has 0 unspecified atom stereocenters. The molecule has 0 aromatic heterocycles. The number of nitrogens with two attached hydrogens (primary N) is 1. The topological polar surface area (TPSA) is 89.7 Å². The van der Waals surface area contributed by atoms with Crippen LogP contribution < -0.4 is 9.88 Å². The fourth-order valence-electron chi connectivity index (χ4n) is 1.98. The van der Waals surface area contributed by atoms with Crippen molar-refractivity contribution < 1.29 is 17.9 Å². The van der Waals surface area contributed by atoms with Gasteiger partial charge in [0.1, 0.15) is 5.75 Å². The molecule has 0 heterocycles. The minimum absolute atomic E-state index is 0.0955. The summed E-state index contributed by atoms with van der Waals surface area (Å²) < 4.78 is 28.3. The van der Waals surface area contributed by atoms with Crippen LogP contribution in [0.15, 0.2) is 23.1 Å². The van der Waals surface area contributed by atoms with E-state index in [0.29, 0.717) is 25.4 Å². The summed E-state index contributed by atoms with van der Waals surface area (Å²) in [5, 5.41) is 5.12. The molecule has 0 aliphatic heterocycles. The number of hydrogen-bond donors (Lipinski definition) is 1. The molecule has 6 nitrogen and oxygen atoms in total. The van der Waals surface area contributed by atoms with Crippen LogP contribution in [0.5, 0.6) is 5.75 Å². The first kappa shape index (κ1) is 17.5. The number of rotatable bonds is 7. The van der Waals surface area contributed by atoms with Crippen LogP contribution >= 0.6 is 0 Å². The second kappa shape index (κ2) is 7.42. The van der Waals surface area contributed by atoms with Gasteiger partial charge in [0.25, 0.3) is 5.91 Å². The first-order chi connectivity index (χ1) is 9.85. The Kier molecular flexibility index (Phi) is 6.17. The van der Waals surface area contributed by atoms with Gasteiger partial charge in [0.2, 0.25) is 10.0 Å². The number of carbonyl (C=O) groups is 1. The van der Waals surface area contributed by atoms with Gasteiger partial charge in [-0.25, -0.2) is 13.6 Å². The molecule has 1 aromatic carbocycles. The molecule has 0 bridgehead atoms. The zero-order valence-electron chi connectivity index (χ0n) is 12.6. The minimum Gasteiger partial charge on any atom is -0.493 e. The quantitative estimate of drug-likeness (QED) is 0.828. The average molecular weight is 314 g/mol. The van der Waals surface area contributed by atoms with Crippen molar-refractivity contribution in [2.45, 2.75) is 32.1 Å². The molecule has 0 atom stereocenters. The number of sulfonamides is 1. The van der Waals surface area contributed by atoms with Crippen LogP contribution in [0.25, 0.3) is 0 Å². The van der Waals surface area contributed by atoms with Crippen molar-refractivity contribution in [3.63, 3.8) is 0 Å². The molecular formula is C14H22N2O4S. The Morgan fingerprint density at radius 3 is 2.43 bits per heavy atom. The third kappa shape index (κ3) is 4.44. The second-order valence-corrected chi connectivity index (χ2v) is 6.08. The molecular weight excluding hydrogens is 292 g/mol. The van der Waals surface area contributed by atoms with E-state index in [1.165, 1.54) is 18.2 Å². The number of ether oxygens (including phenoxy) is 1. The standard InChI is InChI=1S/C14H22N2O4S/c1-4-9-16(5-2)14(17)12-10-11(21(15,18)19)7-8-13(12)20-6-3/h7-8,10H,4-6,9H2,1-3H3,(H2,15,18,19). The third-order valence-electron chi connectivity index (χ3n) is 2.97. The maximum absolute atomic E-state index is 12.6. The van der Waals surface area contributed by atoms with Gasteiger partial charge in [0.15, 0.2) is 0 Å². The van der Waals surface area contributed by atoms with Gasteiger partial charge in [-0.15, -0.1) is 0 Å². The SMILES string of the molecule is CCCN(CC)C(=O)c1cc(S(N)(=O)=O)ccc1OCC. The second-order valence-electron chi connectivity index (χ2n) is 4.52. The Labute approximate surface area is 125 Å². The van der Waals surface area contributed by atoms with E-state index in [-0.39, 0.29) is 16.4 Å². The third-order valence-corrected chi connectivity index (χ3v) is 3.88. The highest BCUT2D eigenvalue weighted by molar-refractivity contribution is 7.89. The summed E-state index contributed by atoms with van der Waals surface area (Å²) in [6.45, 7) is 7.16. The molecule has 0 spiro atoms. The van der Waals surface area contributed by atoms with Crippen molar-refractivity contribution in [2.75, 3.05) is 19.7 Å². The highest BCUT2D eigenvalue weighted by Gasteiger charge is 2.21. The summed E-state index contributed by atoms with van der Waals surface area (Å²) in [4.78, 5) is 14.1. The zero-order valence-corrected chi connectivity index (χ0v) is 13.4. The van der Waals surface area contributed by atoms with E-state index >= 15 is 0 Å². The van der Waals surface area contributed by atoms with Crippen molar-refractivity contribution in [3.8, 4) is 5.75 Å². The summed E-state index contributed by atoms with van der Waals surface area (Å²) >= 11 is 0. The van der Waals surface area contributed by atoms with Crippen LogP contribution in [-0.4, -0.2) is 38.9 Å². The van der Waals surface area contributed by atoms with Crippen LogP contribution in [0.1, 0.15) is 37.6 Å². The lowest BCUT2D eigenvalue weighted by Crippen LogP contribution is -2.32. The van der Waals surface area contributed by atoms with E-state index in [1.807, 2.05) is 13.8 Å². The van der Waals surface area contributed by atoms with Crippen molar-refractivity contribution >= 4 is 15.9 Å². The molecule has 0 fully saturated rings. The predicted molar refractivity (Wildman–Crippen MR) is 80.9 cm³/mol. The van der Waals surface area contributed by atoms with Crippen LogP contribution in [0.3, 0.4) is 0 Å². The smallest absolute Gasteiger partial charge is 0.257 e. The molecule has 7 heteroatoms. The summed E-state index contributed by atoms with van der Waals surface area (Å²) in [7, 11) is -3.86. The normalized spacial score (nSPS) is 11.2. The summed E-state index contributed by atoms with van der Waals surface area (Å²) in [6.07, 6.45) is 0.818. The summed E-state index contributed by atoms with van der Waals surface area (Å²) in [5.41, 5.74) is 0.221. The van der Waals surface area contributed by atoms with Crippen LogP contribution in [0.4, 0.5) is 0 Å². The van der Waals surface area contributed by atoms with E-state index in [2.05, 4.69) is 0 Å². The Balaban J connectivity index is 3.31. The maximum atomic E-state index is 12.6. The van der Waals surface area contributed by atoms with Gasteiger partial charge in [-0.2, -0.15) is 0 Å². The fourth-order valence-corrected chi connectivity index (χ4v) is 2.52. The number of hydrogen-bond acceptors (Lipinski definition) is 4. The Bertz CT molecular complexity index is 599. The lowest BCUT2D eigenvalue weighted by Gasteiger charge is -2.21. The molecule has 0 saturated heterocycles.